The highest BCUT2D eigenvalue weighted by molar-refractivity contribution is 9.10. The maximum absolute atomic E-state index is 11.8. The summed E-state index contributed by atoms with van der Waals surface area (Å²) in [5.74, 6) is 0.382. The zero-order valence-electron chi connectivity index (χ0n) is 9.53. The van der Waals surface area contributed by atoms with Gasteiger partial charge >= 0.3 is 0 Å². The molecule has 1 aliphatic rings. The van der Waals surface area contributed by atoms with Crippen molar-refractivity contribution in [3.8, 4) is 0 Å². The largest absolute Gasteiger partial charge is 0.393 e. The number of carbonyl (C=O) groups is 1. The zero-order valence-corrected chi connectivity index (χ0v) is 11.1. The molecule has 0 aliphatic heterocycles. The molecule has 1 aliphatic carbocycles. The van der Waals surface area contributed by atoms with Crippen molar-refractivity contribution >= 4 is 21.8 Å². The molecule has 3 nitrogen and oxygen atoms in total. The third-order valence-corrected chi connectivity index (χ3v) is 3.47. The monoisotopic (exact) mass is 297 g/mol. The fourth-order valence-corrected chi connectivity index (χ4v) is 2.18. The van der Waals surface area contributed by atoms with Gasteiger partial charge < -0.3 is 10.4 Å². The van der Waals surface area contributed by atoms with Crippen LogP contribution in [-0.4, -0.2) is 23.7 Å². The summed E-state index contributed by atoms with van der Waals surface area (Å²) in [4.78, 5) is 11.8. The standard InChI is InChI=1S/C13H16BrNO2/c14-11-3-1-2-10(8-11)13(17)15-7-6-12(16)9-4-5-9/h1-3,8-9,12,16H,4-7H2,(H,15,17). The minimum absolute atomic E-state index is 0.0886. The Kier molecular flexibility index (Phi) is 4.18. The molecular weight excluding hydrogens is 282 g/mol. The molecule has 2 rings (SSSR count). The van der Waals surface area contributed by atoms with Gasteiger partial charge in [0.15, 0.2) is 0 Å². The van der Waals surface area contributed by atoms with Gasteiger partial charge in [0.2, 0.25) is 0 Å². The molecule has 1 atom stereocenters. The van der Waals surface area contributed by atoms with Gasteiger partial charge in [0.1, 0.15) is 0 Å². The summed E-state index contributed by atoms with van der Waals surface area (Å²) in [5.41, 5.74) is 0.639. The van der Waals surface area contributed by atoms with E-state index in [1.807, 2.05) is 12.1 Å². The lowest BCUT2D eigenvalue weighted by molar-refractivity contribution is 0.0937. The molecule has 0 radical (unpaired) electrons. The first-order valence-corrected chi connectivity index (χ1v) is 6.68. The number of benzene rings is 1. The maximum atomic E-state index is 11.8. The van der Waals surface area contributed by atoms with Gasteiger partial charge in [0, 0.05) is 16.6 Å². The normalized spacial score (nSPS) is 16.6. The highest BCUT2D eigenvalue weighted by atomic mass is 79.9. The summed E-state index contributed by atoms with van der Waals surface area (Å²) < 4.78 is 0.892. The highest BCUT2D eigenvalue weighted by Crippen LogP contribution is 2.33. The fraction of sp³-hybridized carbons (Fsp3) is 0.462. The average Bonchev–Trinajstić information content (AvgIpc) is 3.12. The Balaban J connectivity index is 1.76. The first kappa shape index (κ1) is 12.6. The van der Waals surface area contributed by atoms with Crippen molar-refractivity contribution in [2.24, 2.45) is 5.92 Å². The van der Waals surface area contributed by atoms with Crippen LogP contribution in [-0.2, 0) is 0 Å². The second-order valence-corrected chi connectivity index (χ2v) is 5.38. The number of halogens is 1. The molecular formula is C13H16BrNO2. The van der Waals surface area contributed by atoms with E-state index in [2.05, 4.69) is 21.2 Å². The van der Waals surface area contributed by atoms with Gasteiger partial charge in [-0.1, -0.05) is 22.0 Å². The maximum Gasteiger partial charge on any atom is 0.251 e. The summed E-state index contributed by atoms with van der Waals surface area (Å²) in [5, 5.41) is 12.5. The Morgan fingerprint density at radius 2 is 2.29 bits per heavy atom. The van der Waals surface area contributed by atoms with Crippen molar-refractivity contribution in [3.05, 3.63) is 34.3 Å². The van der Waals surface area contributed by atoms with Crippen LogP contribution < -0.4 is 5.32 Å². The van der Waals surface area contributed by atoms with Crippen LogP contribution in [0.15, 0.2) is 28.7 Å². The van der Waals surface area contributed by atoms with E-state index in [1.165, 1.54) is 0 Å². The minimum Gasteiger partial charge on any atom is -0.393 e. The van der Waals surface area contributed by atoms with Crippen LogP contribution in [0.4, 0.5) is 0 Å². The number of aliphatic hydroxyl groups is 1. The first-order valence-electron chi connectivity index (χ1n) is 5.88. The van der Waals surface area contributed by atoms with E-state index in [9.17, 15) is 9.90 Å². The molecule has 2 N–H and O–H groups in total. The topological polar surface area (TPSA) is 49.3 Å². The zero-order chi connectivity index (χ0) is 12.3. The average molecular weight is 298 g/mol. The lowest BCUT2D eigenvalue weighted by atomic mass is 10.1. The predicted molar refractivity (Wildman–Crippen MR) is 69.8 cm³/mol. The second-order valence-electron chi connectivity index (χ2n) is 4.46. The Labute approximate surface area is 109 Å². The number of hydrogen-bond acceptors (Lipinski definition) is 2. The molecule has 1 fully saturated rings. The van der Waals surface area contributed by atoms with E-state index in [0.29, 0.717) is 24.4 Å². The third kappa shape index (κ3) is 3.82. The number of amides is 1. The number of aliphatic hydroxyl groups excluding tert-OH is 1. The summed E-state index contributed by atoms with van der Waals surface area (Å²) >= 11 is 3.33. The van der Waals surface area contributed by atoms with Gasteiger partial charge in [-0.2, -0.15) is 0 Å². The van der Waals surface area contributed by atoms with Gasteiger partial charge in [0.05, 0.1) is 6.10 Å². The molecule has 17 heavy (non-hydrogen) atoms. The van der Waals surface area contributed by atoms with Gasteiger partial charge in [-0.25, -0.2) is 0 Å². The molecule has 0 bridgehead atoms. The highest BCUT2D eigenvalue weighted by Gasteiger charge is 2.29. The van der Waals surface area contributed by atoms with Crippen LogP contribution in [0.2, 0.25) is 0 Å². The minimum atomic E-state index is -0.252. The summed E-state index contributed by atoms with van der Waals surface area (Å²) in [6.45, 7) is 0.531. The van der Waals surface area contributed by atoms with E-state index in [-0.39, 0.29) is 12.0 Å². The Morgan fingerprint density at radius 1 is 1.53 bits per heavy atom. The van der Waals surface area contributed by atoms with E-state index in [1.54, 1.807) is 12.1 Å². The molecule has 1 amide bonds. The number of nitrogens with one attached hydrogen (secondary N) is 1. The Bertz CT molecular complexity index is 404. The quantitative estimate of drug-likeness (QED) is 0.876. The van der Waals surface area contributed by atoms with E-state index < -0.39 is 0 Å². The Hall–Kier alpha value is -0.870. The van der Waals surface area contributed by atoms with Crippen molar-refractivity contribution < 1.29 is 9.90 Å². The number of carbonyl (C=O) groups excluding carboxylic acids is 1. The molecule has 0 saturated heterocycles. The van der Waals surface area contributed by atoms with Crippen molar-refractivity contribution in [2.75, 3.05) is 6.54 Å². The molecule has 1 unspecified atom stereocenters. The van der Waals surface area contributed by atoms with Crippen LogP contribution in [0.3, 0.4) is 0 Å². The van der Waals surface area contributed by atoms with Crippen LogP contribution in [0.1, 0.15) is 29.6 Å². The van der Waals surface area contributed by atoms with Crippen LogP contribution in [0.5, 0.6) is 0 Å². The van der Waals surface area contributed by atoms with Crippen LogP contribution in [0, 0.1) is 5.92 Å². The molecule has 0 heterocycles. The summed E-state index contributed by atoms with van der Waals surface area (Å²) in [6, 6.07) is 7.27. The molecule has 1 aromatic carbocycles. The summed E-state index contributed by atoms with van der Waals surface area (Å²) in [6.07, 6.45) is 2.64. The van der Waals surface area contributed by atoms with Crippen molar-refractivity contribution in [2.45, 2.75) is 25.4 Å². The lowest BCUT2D eigenvalue weighted by Gasteiger charge is -2.10. The van der Waals surface area contributed by atoms with Gasteiger partial charge in [-0.05, 0) is 43.4 Å². The van der Waals surface area contributed by atoms with E-state index in [0.717, 1.165) is 17.3 Å². The van der Waals surface area contributed by atoms with E-state index >= 15 is 0 Å². The molecule has 4 heteroatoms. The smallest absolute Gasteiger partial charge is 0.251 e. The fourth-order valence-electron chi connectivity index (χ4n) is 1.78. The van der Waals surface area contributed by atoms with Crippen molar-refractivity contribution in [1.82, 2.24) is 5.32 Å². The van der Waals surface area contributed by atoms with Crippen molar-refractivity contribution in [1.29, 1.82) is 0 Å². The number of hydrogen-bond donors (Lipinski definition) is 2. The molecule has 92 valence electrons. The molecule has 0 spiro atoms. The first-order chi connectivity index (χ1) is 8.16. The molecule has 0 aromatic heterocycles. The molecule has 1 saturated carbocycles. The number of rotatable bonds is 5. The van der Waals surface area contributed by atoms with E-state index in [4.69, 9.17) is 0 Å². The van der Waals surface area contributed by atoms with Crippen LogP contribution in [0.25, 0.3) is 0 Å². The van der Waals surface area contributed by atoms with Crippen LogP contribution >= 0.6 is 15.9 Å². The van der Waals surface area contributed by atoms with Gasteiger partial charge in [-0.3, -0.25) is 4.79 Å². The Morgan fingerprint density at radius 3 is 2.94 bits per heavy atom. The van der Waals surface area contributed by atoms with Gasteiger partial charge in [-0.15, -0.1) is 0 Å². The summed E-state index contributed by atoms with van der Waals surface area (Å²) in [7, 11) is 0. The third-order valence-electron chi connectivity index (χ3n) is 2.98. The molecule has 1 aromatic rings. The SMILES string of the molecule is O=C(NCCC(O)C1CC1)c1cccc(Br)c1. The predicted octanol–water partition coefficient (Wildman–Crippen LogP) is 2.34. The second kappa shape index (κ2) is 5.65. The van der Waals surface area contributed by atoms with Gasteiger partial charge in [0.25, 0.3) is 5.91 Å². The van der Waals surface area contributed by atoms with Crippen molar-refractivity contribution in [3.63, 3.8) is 0 Å². The lowest BCUT2D eigenvalue weighted by Crippen LogP contribution is -2.27.